The molecular weight excluding hydrogens is 375 g/mol. The molecule has 0 unspecified atom stereocenters. The lowest BCUT2D eigenvalue weighted by Crippen LogP contribution is -2.35. The van der Waals surface area contributed by atoms with Gasteiger partial charge in [0.25, 0.3) is 5.56 Å². The van der Waals surface area contributed by atoms with E-state index in [1.54, 1.807) is 41.3 Å². The smallest absolute Gasteiger partial charge is 0.258 e. The molecule has 2 aromatic carbocycles. The molecule has 0 atom stereocenters. The zero-order chi connectivity index (χ0) is 18.7. The number of thiocarbonyl (C=S) groups is 1. The highest BCUT2D eigenvalue weighted by Gasteiger charge is 2.13. The molecule has 0 saturated heterocycles. The number of para-hydroxylation sites is 1. The molecule has 0 amide bonds. The first-order valence-electron chi connectivity index (χ1n) is 7.97. The second-order valence-electron chi connectivity index (χ2n) is 5.60. The fraction of sp³-hybridized carbons (Fsp3) is 0.167. The zero-order valence-corrected chi connectivity index (χ0v) is 15.5. The Morgan fingerprint density at radius 1 is 1.35 bits per heavy atom. The minimum atomic E-state index is -0.391. The molecular formula is C18H16ClFN4OS. The Kier molecular flexibility index (Phi) is 5.49. The lowest BCUT2D eigenvalue weighted by Gasteiger charge is -2.24. The molecule has 134 valence electrons. The Bertz CT molecular complexity index is 1020. The third kappa shape index (κ3) is 4.00. The van der Waals surface area contributed by atoms with Crippen LogP contribution in [-0.4, -0.2) is 26.5 Å². The Labute approximate surface area is 159 Å². The number of nitrogens with zero attached hydrogens (tertiary/aromatic N) is 2. The molecule has 0 spiro atoms. The summed E-state index contributed by atoms with van der Waals surface area (Å²) in [6.45, 7) is 2.73. The van der Waals surface area contributed by atoms with Crippen LogP contribution in [0.2, 0.25) is 5.02 Å². The normalized spacial score (nSPS) is 10.7. The average Bonchev–Trinajstić information content (AvgIpc) is 2.61. The summed E-state index contributed by atoms with van der Waals surface area (Å²) in [5, 5.41) is 4.19. The van der Waals surface area contributed by atoms with Crippen molar-refractivity contribution in [1.29, 1.82) is 0 Å². The van der Waals surface area contributed by atoms with Gasteiger partial charge in [0, 0.05) is 11.6 Å². The third-order valence-corrected chi connectivity index (χ3v) is 4.44. The van der Waals surface area contributed by atoms with Crippen molar-refractivity contribution in [3.8, 4) is 0 Å². The van der Waals surface area contributed by atoms with Gasteiger partial charge in [0.15, 0.2) is 5.11 Å². The van der Waals surface area contributed by atoms with Crippen LogP contribution in [0.4, 0.5) is 10.1 Å². The first-order chi connectivity index (χ1) is 12.5. The van der Waals surface area contributed by atoms with Gasteiger partial charge in [-0.3, -0.25) is 4.79 Å². The third-order valence-electron chi connectivity index (χ3n) is 3.84. The number of benzene rings is 2. The van der Waals surface area contributed by atoms with Crippen molar-refractivity contribution in [1.82, 2.24) is 14.9 Å². The number of fused-ring (bicyclic) bond motifs is 1. The fourth-order valence-corrected chi connectivity index (χ4v) is 2.97. The molecule has 0 fully saturated rings. The molecule has 0 bridgehead atoms. The van der Waals surface area contributed by atoms with Crippen molar-refractivity contribution in [3.63, 3.8) is 0 Å². The van der Waals surface area contributed by atoms with E-state index in [2.05, 4.69) is 15.3 Å². The standard InChI is InChI=1S/C18H16ClFN4OS/c1-2-24(18(26)22-14-6-4-3-5-13(14)20)10-16-21-15-9-11(19)7-8-12(15)17(25)23-16/h3-9H,2,10H2,1H3,(H,22,26)(H,21,23,25). The van der Waals surface area contributed by atoms with Crippen LogP contribution in [-0.2, 0) is 6.54 Å². The highest BCUT2D eigenvalue weighted by molar-refractivity contribution is 7.80. The summed E-state index contributed by atoms with van der Waals surface area (Å²) in [6.07, 6.45) is 0. The van der Waals surface area contributed by atoms with E-state index in [4.69, 9.17) is 23.8 Å². The number of hydrogen-bond acceptors (Lipinski definition) is 3. The van der Waals surface area contributed by atoms with E-state index in [9.17, 15) is 9.18 Å². The lowest BCUT2D eigenvalue weighted by molar-refractivity contribution is 0.429. The number of anilines is 1. The number of hydrogen-bond donors (Lipinski definition) is 2. The van der Waals surface area contributed by atoms with Gasteiger partial charge in [-0.15, -0.1) is 0 Å². The summed E-state index contributed by atoms with van der Waals surface area (Å²) in [6, 6.07) is 11.2. The van der Waals surface area contributed by atoms with Gasteiger partial charge in [0.1, 0.15) is 11.6 Å². The number of halogens is 2. The van der Waals surface area contributed by atoms with E-state index in [1.807, 2.05) is 6.92 Å². The van der Waals surface area contributed by atoms with Gasteiger partial charge in [0.2, 0.25) is 0 Å². The first-order valence-corrected chi connectivity index (χ1v) is 8.75. The van der Waals surface area contributed by atoms with Crippen LogP contribution in [0.1, 0.15) is 12.7 Å². The maximum Gasteiger partial charge on any atom is 0.258 e. The van der Waals surface area contributed by atoms with Crippen molar-refractivity contribution in [2.24, 2.45) is 0 Å². The molecule has 1 aromatic heterocycles. The van der Waals surface area contributed by atoms with Gasteiger partial charge in [-0.05, 0) is 49.5 Å². The van der Waals surface area contributed by atoms with Gasteiger partial charge in [0.05, 0.1) is 23.1 Å². The van der Waals surface area contributed by atoms with E-state index < -0.39 is 5.82 Å². The van der Waals surface area contributed by atoms with Crippen molar-refractivity contribution in [3.05, 3.63) is 69.5 Å². The van der Waals surface area contributed by atoms with Crippen molar-refractivity contribution in [2.45, 2.75) is 13.5 Å². The maximum atomic E-state index is 13.8. The number of nitrogens with one attached hydrogen (secondary N) is 2. The van der Waals surface area contributed by atoms with Gasteiger partial charge < -0.3 is 15.2 Å². The number of aromatic nitrogens is 2. The van der Waals surface area contributed by atoms with E-state index in [0.29, 0.717) is 39.1 Å². The van der Waals surface area contributed by atoms with Crippen LogP contribution in [0.3, 0.4) is 0 Å². The predicted molar refractivity (Wildman–Crippen MR) is 106 cm³/mol. The van der Waals surface area contributed by atoms with Crippen molar-refractivity contribution in [2.75, 3.05) is 11.9 Å². The summed E-state index contributed by atoms with van der Waals surface area (Å²) >= 11 is 11.4. The molecule has 1 heterocycles. The molecule has 0 aliphatic carbocycles. The Morgan fingerprint density at radius 2 is 2.12 bits per heavy atom. The topological polar surface area (TPSA) is 61.0 Å². The van der Waals surface area contributed by atoms with Crippen LogP contribution < -0.4 is 10.9 Å². The summed E-state index contributed by atoms with van der Waals surface area (Å²) < 4.78 is 13.8. The molecule has 3 aromatic rings. The molecule has 0 aliphatic heterocycles. The summed E-state index contributed by atoms with van der Waals surface area (Å²) in [4.78, 5) is 21.2. The Balaban J connectivity index is 1.83. The highest BCUT2D eigenvalue weighted by Crippen LogP contribution is 2.16. The second kappa shape index (κ2) is 7.80. The largest absolute Gasteiger partial charge is 0.342 e. The predicted octanol–water partition coefficient (Wildman–Crippen LogP) is 3.93. The minimum Gasteiger partial charge on any atom is -0.342 e. The van der Waals surface area contributed by atoms with E-state index in [1.165, 1.54) is 6.07 Å². The average molecular weight is 391 g/mol. The van der Waals surface area contributed by atoms with Crippen LogP contribution in [0.15, 0.2) is 47.3 Å². The summed E-state index contributed by atoms with van der Waals surface area (Å²) in [7, 11) is 0. The number of rotatable bonds is 4. The van der Waals surface area contributed by atoms with Gasteiger partial charge >= 0.3 is 0 Å². The zero-order valence-electron chi connectivity index (χ0n) is 13.9. The SMILES string of the molecule is CCN(Cc1nc2cc(Cl)ccc2c(=O)[nH]1)C(=S)Nc1ccccc1F. The molecule has 0 radical (unpaired) electrons. The van der Waals surface area contributed by atoms with Gasteiger partial charge in [-0.1, -0.05) is 23.7 Å². The fourth-order valence-electron chi connectivity index (χ4n) is 2.50. The summed E-state index contributed by atoms with van der Waals surface area (Å²) in [5.41, 5.74) is 0.564. The Hall–Kier alpha value is -2.51. The summed E-state index contributed by atoms with van der Waals surface area (Å²) in [5.74, 6) is 0.0575. The van der Waals surface area contributed by atoms with Crippen molar-refractivity contribution >= 4 is 45.5 Å². The quantitative estimate of drug-likeness (QED) is 0.661. The number of aromatic amines is 1. The second-order valence-corrected chi connectivity index (χ2v) is 6.42. The van der Waals surface area contributed by atoms with E-state index in [0.717, 1.165) is 0 Å². The molecule has 3 rings (SSSR count). The highest BCUT2D eigenvalue weighted by atomic mass is 35.5. The lowest BCUT2D eigenvalue weighted by atomic mass is 10.2. The van der Waals surface area contributed by atoms with Crippen LogP contribution in [0.5, 0.6) is 0 Å². The first kappa shape index (κ1) is 18.3. The molecule has 0 saturated carbocycles. The van der Waals surface area contributed by atoms with E-state index >= 15 is 0 Å². The van der Waals surface area contributed by atoms with E-state index in [-0.39, 0.29) is 12.1 Å². The molecule has 0 aliphatic rings. The molecule has 2 N–H and O–H groups in total. The maximum absolute atomic E-state index is 13.8. The Morgan fingerprint density at radius 3 is 2.85 bits per heavy atom. The van der Waals surface area contributed by atoms with Crippen LogP contribution in [0, 0.1) is 5.82 Å². The van der Waals surface area contributed by atoms with Gasteiger partial charge in [-0.2, -0.15) is 0 Å². The molecule has 26 heavy (non-hydrogen) atoms. The molecule has 5 nitrogen and oxygen atoms in total. The van der Waals surface area contributed by atoms with Crippen molar-refractivity contribution < 1.29 is 4.39 Å². The number of H-pyrrole nitrogens is 1. The molecule has 8 heteroatoms. The van der Waals surface area contributed by atoms with Crippen LogP contribution in [0.25, 0.3) is 10.9 Å². The minimum absolute atomic E-state index is 0.245. The monoisotopic (exact) mass is 390 g/mol. The van der Waals surface area contributed by atoms with Gasteiger partial charge in [-0.25, -0.2) is 9.37 Å². The van der Waals surface area contributed by atoms with Crippen LogP contribution >= 0.6 is 23.8 Å².